The van der Waals surface area contributed by atoms with Crippen LogP contribution in [0, 0.1) is 13.8 Å². The van der Waals surface area contributed by atoms with Crippen LogP contribution in [0.3, 0.4) is 0 Å². The number of aromatic nitrogens is 3. The molecule has 0 amide bonds. The minimum atomic E-state index is 0.268. The van der Waals surface area contributed by atoms with Gasteiger partial charge >= 0.3 is 0 Å². The van der Waals surface area contributed by atoms with Crippen molar-refractivity contribution in [1.82, 2.24) is 25.3 Å². The Morgan fingerprint density at radius 1 is 1.29 bits per heavy atom. The average molecular weight is 380 g/mol. The number of hydrogen-bond acceptors (Lipinski definition) is 4. The molecule has 148 valence electrons. The minimum Gasteiger partial charge on any atom is -0.361 e. The highest BCUT2D eigenvalue weighted by atomic mass is 16.5. The summed E-state index contributed by atoms with van der Waals surface area (Å²) < 4.78 is 5.28. The third-order valence-corrected chi connectivity index (χ3v) is 4.82. The first-order chi connectivity index (χ1) is 13.5. The van der Waals surface area contributed by atoms with Crippen molar-refractivity contribution in [1.29, 1.82) is 0 Å². The third kappa shape index (κ3) is 4.42. The largest absolute Gasteiger partial charge is 0.361 e. The number of aryl methyl sites for hydroxylation is 2. The van der Waals surface area contributed by atoms with Crippen LogP contribution in [-0.2, 0) is 6.54 Å². The summed E-state index contributed by atoms with van der Waals surface area (Å²) in [5, 5.41) is 7.48. The summed E-state index contributed by atoms with van der Waals surface area (Å²) >= 11 is 0. The molecule has 0 radical (unpaired) electrons. The van der Waals surface area contributed by atoms with Gasteiger partial charge in [0.1, 0.15) is 11.6 Å². The molecule has 0 saturated carbocycles. The molecule has 3 aromatic rings. The van der Waals surface area contributed by atoms with Crippen molar-refractivity contribution in [3.8, 4) is 11.3 Å². The smallest absolute Gasteiger partial charge is 0.193 e. The van der Waals surface area contributed by atoms with Crippen LogP contribution in [0.25, 0.3) is 11.3 Å². The zero-order valence-electron chi connectivity index (χ0n) is 17.2. The van der Waals surface area contributed by atoms with Crippen LogP contribution >= 0.6 is 0 Å². The number of rotatable bonds is 6. The molecule has 0 saturated heterocycles. The molecule has 2 aromatic heterocycles. The van der Waals surface area contributed by atoms with Crippen LogP contribution in [0.4, 0.5) is 0 Å². The number of aromatic amines is 1. The van der Waals surface area contributed by atoms with E-state index in [4.69, 9.17) is 4.52 Å². The van der Waals surface area contributed by atoms with Crippen LogP contribution in [0.2, 0.25) is 0 Å². The Morgan fingerprint density at radius 2 is 2.04 bits per heavy atom. The number of aliphatic imine (C=N–C) groups is 1. The molecule has 28 heavy (non-hydrogen) atoms. The van der Waals surface area contributed by atoms with Gasteiger partial charge in [0.15, 0.2) is 5.96 Å². The van der Waals surface area contributed by atoms with Gasteiger partial charge in [0.05, 0.1) is 24.1 Å². The molecular formula is C21H28N6O. The van der Waals surface area contributed by atoms with Gasteiger partial charge < -0.3 is 19.7 Å². The van der Waals surface area contributed by atoms with Crippen LogP contribution in [0.5, 0.6) is 0 Å². The summed E-state index contributed by atoms with van der Waals surface area (Å²) in [5.41, 5.74) is 4.24. The molecule has 0 aliphatic heterocycles. The second kappa shape index (κ2) is 8.73. The summed E-state index contributed by atoms with van der Waals surface area (Å²) in [6, 6.07) is 10.2. The van der Waals surface area contributed by atoms with Crippen molar-refractivity contribution >= 4 is 5.96 Å². The van der Waals surface area contributed by atoms with Gasteiger partial charge in [-0.1, -0.05) is 42.4 Å². The second-order valence-corrected chi connectivity index (χ2v) is 7.03. The van der Waals surface area contributed by atoms with Crippen molar-refractivity contribution in [3.63, 3.8) is 0 Å². The molecule has 0 aliphatic rings. The number of nitrogens with one attached hydrogen (secondary N) is 2. The SMILES string of the molecule is CN=C(NCC(C)c1c(C)noc1C)N(C)Cc1ncc(-c2ccccc2)[nH]1. The third-order valence-electron chi connectivity index (χ3n) is 4.82. The predicted octanol–water partition coefficient (Wildman–Crippen LogP) is 3.49. The number of benzene rings is 1. The molecule has 1 atom stereocenters. The molecule has 7 nitrogen and oxygen atoms in total. The van der Waals surface area contributed by atoms with E-state index in [0.29, 0.717) is 6.54 Å². The normalized spacial score (nSPS) is 12.8. The first-order valence-corrected chi connectivity index (χ1v) is 9.43. The van der Waals surface area contributed by atoms with E-state index < -0.39 is 0 Å². The first kappa shape index (κ1) is 19.7. The molecule has 1 aromatic carbocycles. The molecule has 0 bridgehead atoms. The van der Waals surface area contributed by atoms with Gasteiger partial charge in [-0.25, -0.2) is 4.98 Å². The monoisotopic (exact) mass is 380 g/mol. The molecule has 0 spiro atoms. The van der Waals surface area contributed by atoms with Crippen molar-refractivity contribution in [2.24, 2.45) is 4.99 Å². The summed E-state index contributed by atoms with van der Waals surface area (Å²) in [6.07, 6.45) is 1.87. The average Bonchev–Trinajstić information content (AvgIpc) is 3.29. The maximum atomic E-state index is 5.28. The Kier molecular flexibility index (Phi) is 6.13. The van der Waals surface area contributed by atoms with Gasteiger partial charge in [0.2, 0.25) is 0 Å². The van der Waals surface area contributed by atoms with Crippen molar-refractivity contribution in [2.75, 3.05) is 20.6 Å². The van der Waals surface area contributed by atoms with E-state index in [9.17, 15) is 0 Å². The van der Waals surface area contributed by atoms with E-state index in [-0.39, 0.29) is 5.92 Å². The van der Waals surface area contributed by atoms with Crippen LogP contribution in [-0.4, -0.2) is 46.6 Å². The van der Waals surface area contributed by atoms with Gasteiger partial charge in [-0.05, 0) is 19.4 Å². The van der Waals surface area contributed by atoms with E-state index in [1.807, 2.05) is 50.2 Å². The van der Waals surface area contributed by atoms with E-state index >= 15 is 0 Å². The Hall–Kier alpha value is -3.09. The molecule has 7 heteroatoms. The van der Waals surface area contributed by atoms with Crippen LogP contribution < -0.4 is 5.32 Å². The van der Waals surface area contributed by atoms with Gasteiger partial charge in [0.25, 0.3) is 0 Å². The number of H-pyrrole nitrogens is 1. The van der Waals surface area contributed by atoms with Crippen molar-refractivity contribution in [3.05, 3.63) is 59.4 Å². The first-order valence-electron chi connectivity index (χ1n) is 9.43. The van der Waals surface area contributed by atoms with E-state index in [2.05, 4.69) is 44.5 Å². The van der Waals surface area contributed by atoms with Crippen LogP contribution in [0.15, 0.2) is 46.0 Å². The predicted molar refractivity (Wildman–Crippen MR) is 111 cm³/mol. The fourth-order valence-corrected chi connectivity index (χ4v) is 3.43. The lowest BCUT2D eigenvalue weighted by Crippen LogP contribution is -2.40. The second-order valence-electron chi connectivity index (χ2n) is 7.03. The summed E-state index contributed by atoms with van der Waals surface area (Å²) in [5.74, 6) is 2.85. The summed E-state index contributed by atoms with van der Waals surface area (Å²) in [4.78, 5) is 14.3. The lowest BCUT2D eigenvalue weighted by molar-refractivity contribution is 0.391. The van der Waals surface area contributed by atoms with Crippen molar-refractivity contribution < 1.29 is 4.52 Å². The fraction of sp³-hybridized carbons (Fsp3) is 0.381. The Morgan fingerprint density at radius 3 is 2.68 bits per heavy atom. The highest BCUT2D eigenvalue weighted by molar-refractivity contribution is 5.79. The Balaban J connectivity index is 1.60. The Bertz CT molecular complexity index is 908. The Labute approximate surface area is 165 Å². The maximum absolute atomic E-state index is 5.28. The maximum Gasteiger partial charge on any atom is 0.193 e. The van der Waals surface area contributed by atoms with Gasteiger partial charge in [0, 0.05) is 32.1 Å². The lowest BCUT2D eigenvalue weighted by atomic mass is 10.00. The van der Waals surface area contributed by atoms with Crippen molar-refractivity contribution in [2.45, 2.75) is 33.2 Å². The zero-order chi connectivity index (χ0) is 20.1. The topological polar surface area (TPSA) is 82.3 Å². The van der Waals surface area contributed by atoms with Gasteiger partial charge in [-0.3, -0.25) is 4.99 Å². The summed E-state index contributed by atoms with van der Waals surface area (Å²) in [6.45, 7) is 7.46. The molecule has 2 N–H and O–H groups in total. The highest BCUT2D eigenvalue weighted by Gasteiger charge is 2.17. The molecular weight excluding hydrogens is 352 g/mol. The standard InChI is InChI=1S/C21H28N6O/c1-14(20-15(2)26-28-16(20)3)11-24-21(22-4)27(5)13-19-23-12-18(25-19)17-9-7-6-8-10-17/h6-10,12,14H,11,13H2,1-5H3,(H,22,24)(H,23,25). The lowest BCUT2D eigenvalue weighted by Gasteiger charge is -2.22. The van der Waals surface area contributed by atoms with E-state index in [0.717, 1.165) is 46.6 Å². The molecule has 3 rings (SSSR count). The number of nitrogens with zero attached hydrogens (tertiary/aromatic N) is 4. The fourth-order valence-electron chi connectivity index (χ4n) is 3.43. The zero-order valence-corrected chi connectivity index (χ0v) is 17.2. The summed E-state index contributed by atoms with van der Waals surface area (Å²) in [7, 11) is 3.79. The molecule has 2 heterocycles. The quantitative estimate of drug-likeness (QED) is 0.505. The minimum absolute atomic E-state index is 0.268. The molecule has 0 fully saturated rings. The van der Waals surface area contributed by atoms with Crippen LogP contribution in [0.1, 0.15) is 35.7 Å². The number of imidazole rings is 1. The molecule has 1 unspecified atom stereocenters. The van der Waals surface area contributed by atoms with E-state index in [1.54, 1.807) is 7.05 Å². The highest BCUT2D eigenvalue weighted by Crippen LogP contribution is 2.22. The van der Waals surface area contributed by atoms with E-state index in [1.165, 1.54) is 0 Å². The van der Waals surface area contributed by atoms with Gasteiger partial charge in [-0.15, -0.1) is 0 Å². The number of hydrogen-bond donors (Lipinski definition) is 2. The van der Waals surface area contributed by atoms with Gasteiger partial charge in [-0.2, -0.15) is 0 Å². The molecule has 0 aliphatic carbocycles. The number of guanidine groups is 1.